The van der Waals surface area contributed by atoms with Gasteiger partial charge in [0.15, 0.2) is 0 Å². The number of benzene rings is 3. The van der Waals surface area contributed by atoms with E-state index in [9.17, 15) is 0 Å². The lowest BCUT2D eigenvalue weighted by Gasteiger charge is -2.10. The molecule has 0 saturated carbocycles. The fraction of sp³-hybridized carbons (Fsp3) is 0.100. The first-order valence-corrected chi connectivity index (χ1v) is 10.2. The van der Waals surface area contributed by atoms with E-state index in [0.29, 0.717) is 0 Å². The zero-order valence-electron chi connectivity index (χ0n) is 12.9. The van der Waals surface area contributed by atoms with E-state index in [4.69, 9.17) is 0 Å². The normalized spacial score (nSPS) is 11.2. The number of hydrogen-bond donors (Lipinski definition) is 0. The minimum absolute atomic E-state index is 0.776. The number of hydrogen-bond acceptors (Lipinski definition) is 0. The van der Waals surface area contributed by atoms with Crippen molar-refractivity contribution in [2.24, 2.45) is 0 Å². The summed E-state index contributed by atoms with van der Waals surface area (Å²) >= 11 is 0. The van der Waals surface area contributed by atoms with Crippen molar-refractivity contribution in [2.75, 3.05) is 0 Å². The van der Waals surface area contributed by atoms with E-state index in [-0.39, 0.29) is 0 Å². The first-order valence-electron chi connectivity index (χ1n) is 7.42. The fourth-order valence-electron chi connectivity index (χ4n) is 2.66. The van der Waals surface area contributed by atoms with Gasteiger partial charge in [-0.25, -0.2) is 0 Å². The van der Waals surface area contributed by atoms with Crippen molar-refractivity contribution in [3.05, 3.63) is 77.9 Å². The van der Waals surface area contributed by atoms with E-state index in [0.717, 1.165) is 8.27 Å². The molecule has 0 nitrogen and oxygen atoms in total. The van der Waals surface area contributed by atoms with Crippen molar-refractivity contribution in [1.29, 1.82) is 0 Å². The third-order valence-electron chi connectivity index (χ3n) is 3.97. The average molecular weight is 322 g/mol. The second-order valence-electron chi connectivity index (χ2n) is 5.62. The summed E-state index contributed by atoms with van der Waals surface area (Å²) in [7, 11) is 3.57. The van der Waals surface area contributed by atoms with Crippen molar-refractivity contribution in [1.82, 2.24) is 0 Å². The highest BCUT2D eigenvalue weighted by Crippen LogP contribution is 2.29. The molecule has 0 amide bonds. The highest BCUT2D eigenvalue weighted by molar-refractivity contribution is 8.06. The quantitative estimate of drug-likeness (QED) is 0.540. The Labute approximate surface area is 136 Å². The summed E-state index contributed by atoms with van der Waals surface area (Å²) in [5, 5.41) is 1.38. The lowest BCUT2D eigenvalue weighted by molar-refractivity contribution is 1.44. The third-order valence-corrected chi connectivity index (χ3v) is 5.64. The molecule has 0 bridgehead atoms. The van der Waals surface area contributed by atoms with Gasteiger partial charge in [0.2, 0.25) is 0 Å². The summed E-state index contributed by atoms with van der Waals surface area (Å²) in [6, 6.07) is 24.3. The molecule has 0 aliphatic heterocycles. The lowest BCUT2D eigenvalue weighted by atomic mass is 9.95. The molecule has 0 N–H and O–H groups in total. The standard InChI is InChI=1S/C20H20P2/c1-14-3-5-16(6-4-14)18-9-12-20(15(2)13-18)17-7-10-19(22-21)11-8-17/h3-13,22H,21H2,1-2H3. The van der Waals surface area contributed by atoms with Gasteiger partial charge >= 0.3 is 0 Å². The van der Waals surface area contributed by atoms with Crippen LogP contribution >= 0.6 is 17.2 Å². The molecule has 0 aromatic heterocycles. The van der Waals surface area contributed by atoms with Gasteiger partial charge in [-0.05, 0) is 47.0 Å². The second-order valence-corrected chi connectivity index (χ2v) is 7.35. The van der Waals surface area contributed by atoms with Gasteiger partial charge in [-0.3, -0.25) is 0 Å². The molecular formula is C20H20P2. The molecule has 2 unspecified atom stereocenters. The largest absolute Gasteiger partial charge is 0.110 e. The molecule has 2 atom stereocenters. The Morgan fingerprint density at radius 1 is 0.682 bits per heavy atom. The minimum Gasteiger partial charge on any atom is -0.110 e. The Morgan fingerprint density at radius 2 is 1.27 bits per heavy atom. The van der Waals surface area contributed by atoms with E-state index in [1.54, 1.807) is 0 Å². The Hall–Kier alpha value is -1.48. The summed E-state index contributed by atoms with van der Waals surface area (Å²) in [6.45, 7) is 4.32. The van der Waals surface area contributed by atoms with Gasteiger partial charge < -0.3 is 0 Å². The van der Waals surface area contributed by atoms with Gasteiger partial charge in [-0.15, -0.1) is 8.93 Å². The maximum atomic E-state index is 2.80. The van der Waals surface area contributed by atoms with Crippen LogP contribution in [0.1, 0.15) is 11.1 Å². The predicted molar refractivity (Wildman–Crippen MR) is 104 cm³/mol. The van der Waals surface area contributed by atoms with E-state index in [1.165, 1.54) is 38.7 Å². The summed E-state index contributed by atoms with van der Waals surface area (Å²) in [6.07, 6.45) is 0. The third kappa shape index (κ3) is 3.30. The van der Waals surface area contributed by atoms with E-state index in [2.05, 4.69) is 89.5 Å². The van der Waals surface area contributed by atoms with Crippen molar-refractivity contribution >= 4 is 22.5 Å². The molecule has 2 heteroatoms. The van der Waals surface area contributed by atoms with Crippen LogP contribution in [-0.2, 0) is 0 Å². The maximum absolute atomic E-state index is 2.80. The lowest BCUT2D eigenvalue weighted by Crippen LogP contribution is -1.91. The number of rotatable bonds is 3. The van der Waals surface area contributed by atoms with Gasteiger partial charge in [0.05, 0.1) is 0 Å². The van der Waals surface area contributed by atoms with Gasteiger partial charge in [-0.2, -0.15) is 0 Å². The molecule has 0 aliphatic rings. The van der Waals surface area contributed by atoms with Crippen LogP contribution in [0.25, 0.3) is 22.3 Å². The second kappa shape index (κ2) is 6.74. The monoisotopic (exact) mass is 322 g/mol. The molecule has 0 saturated heterocycles. The van der Waals surface area contributed by atoms with E-state index >= 15 is 0 Å². The maximum Gasteiger partial charge on any atom is -0.0154 e. The molecule has 0 spiro atoms. The van der Waals surface area contributed by atoms with Crippen molar-refractivity contribution in [2.45, 2.75) is 13.8 Å². The van der Waals surface area contributed by atoms with Gasteiger partial charge in [-0.1, -0.05) is 80.6 Å². The molecule has 0 heterocycles. The molecule has 22 heavy (non-hydrogen) atoms. The summed E-state index contributed by atoms with van der Waals surface area (Å²) in [4.78, 5) is 0. The first kappa shape index (κ1) is 15.4. The Balaban J connectivity index is 1.96. The van der Waals surface area contributed by atoms with E-state index in [1.807, 2.05) is 0 Å². The summed E-state index contributed by atoms with van der Waals surface area (Å²) in [5.74, 6) is 0. The van der Waals surface area contributed by atoms with Crippen LogP contribution in [-0.4, -0.2) is 0 Å². The zero-order chi connectivity index (χ0) is 15.5. The highest BCUT2D eigenvalue weighted by atomic mass is 32.0. The highest BCUT2D eigenvalue weighted by Gasteiger charge is 2.05. The molecule has 3 rings (SSSR count). The van der Waals surface area contributed by atoms with Crippen LogP contribution in [0.2, 0.25) is 0 Å². The Bertz CT molecular complexity index is 772. The number of aryl methyl sites for hydroxylation is 2. The van der Waals surface area contributed by atoms with Crippen molar-refractivity contribution in [3.63, 3.8) is 0 Å². The SMILES string of the molecule is Cc1ccc(-c2ccc(-c3ccc(PP)cc3)c(C)c2)cc1. The molecular weight excluding hydrogens is 302 g/mol. The average Bonchev–Trinajstić information content (AvgIpc) is 2.56. The van der Waals surface area contributed by atoms with Crippen LogP contribution in [0.5, 0.6) is 0 Å². The molecule has 110 valence electrons. The van der Waals surface area contributed by atoms with Crippen molar-refractivity contribution < 1.29 is 0 Å². The molecule has 0 fully saturated rings. The first-order chi connectivity index (χ1) is 10.7. The van der Waals surface area contributed by atoms with Crippen LogP contribution < -0.4 is 5.30 Å². The predicted octanol–water partition coefficient (Wildman–Crippen LogP) is 5.73. The Kier molecular flexibility index (Phi) is 4.72. The van der Waals surface area contributed by atoms with Crippen LogP contribution in [0, 0.1) is 13.8 Å². The topological polar surface area (TPSA) is 0 Å². The molecule has 0 aliphatic carbocycles. The van der Waals surface area contributed by atoms with Crippen LogP contribution in [0.4, 0.5) is 0 Å². The Morgan fingerprint density at radius 3 is 1.86 bits per heavy atom. The molecule has 3 aromatic carbocycles. The van der Waals surface area contributed by atoms with Gasteiger partial charge in [0.25, 0.3) is 0 Å². The van der Waals surface area contributed by atoms with E-state index < -0.39 is 0 Å². The fourth-order valence-corrected chi connectivity index (χ4v) is 3.60. The molecule has 3 aromatic rings. The zero-order valence-corrected chi connectivity index (χ0v) is 15.1. The summed E-state index contributed by atoms with van der Waals surface area (Å²) in [5.41, 5.74) is 7.78. The van der Waals surface area contributed by atoms with Crippen LogP contribution in [0.15, 0.2) is 66.7 Å². The van der Waals surface area contributed by atoms with Gasteiger partial charge in [0, 0.05) is 0 Å². The van der Waals surface area contributed by atoms with Crippen molar-refractivity contribution in [3.8, 4) is 22.3 Å². The van der Waals surface area contributed by atoms with Gasteiger partial charge in [0.1, 0.15) is 0 Å². The molecule has 0 radical (unpaired) electrons. The smallest absolute Gasteiger partial charge is 0.0154 e. The summed E-state index contributed by atoms with van der Waals surface area (Å²) < 4.78 is 0. The van der Waals surface area contributed by atoms with Crippen LogP contribution in [0.3, 0.4) is 0 Å². The minimum atomic E-state index is 0.776.